The number of aromatic nitrogens is 3. The van der Waals surface area contributed by atoms with E-state index < -0.39 is 35.9 Å². The summed E-state index contributed by atoms with van der Waals surface area (Å²) in [4.78, 5) is 47.3. The van der Waals surface area contributed by atoms with Crippen LogP contribution in [0.25, 0.3) is 10.9 Å². The fourth-order valence-corrected chi connectivity index (χ4v) is 3.97. The number of carbonyl (C=O) groups excluding carboxylic acids is 2. The molecule has 0 bridgehead atoms. The van der Waals surface area contributed by atoms with Gasteiger partial charge < -0.3 is 31.4 Å². The summed E-state index contributed by atoms with van der Waals surface area (Å²) in [6.45, 7) is 0. The Bertz CT molecular complexity index is 1080. The number of fused-ring (bicyclic) bond motifs is 1. The van der Waals surface area contributed by atoms with Gasteiger partial charge in [-0.2, -0.15) is 11.8 Å². The molecule has 10 nitrogen and oxygen atoms in total. The Hall–Kier alpha value is -3.31. The zero-order valence-corrected chi connectivity index (χ0v) is 19.0. The summed E-state index contributed by atoms with van der Waals surface area (Å²) in [5.74, 6) is -1.65. The van der Waals surface area contributed by atoms with Crippen LogP contribution in [0.2, 0.25) is 0 Å². The molecule has 2 heterocycles. The number of H-pyrrole nitrogens is 2. The fraction of sp³-hybridized carbons (Fsp3) is 0.364. The van der Waals surface area contributed by atoms with Crippen molar-refractivity contribution in [2.24, 2.45) is 5.73 Å². The van der Waals surface area contributed by atoms with E-state index in [0.29, 0.717) is 11.4 Å². The lowest BCUT2D eigenvalue weighted by molar-refractivity contribution is -0.142. The molecule has 3 rings (SSSR count). The van der Waals surface area contributed by atoms with Crippen LogP contribution in [0.3, 0.4) is 0 Å². The summed E-state index contributed by atoms with van der Waals surface area (Å²) in [7, 11) is 0. The SMILES string of the molecule is CSCC[C@H](NC(=O)[C@H](Cc1cnc[nH]1)NC(=O)[C@@H](N)Cc1c[nH]c2ccccc12)C(=O)O. The van der Waals surface area contributed by atoms with Crippen LogP contribution in [0, 0.1) is 0 Å². The van der Waals surface area contributed by atoms with Crippen molar-refractivity contribution in [1.82, 2.24) is 25.6 Å². The Labute approximate surface area is 195 Å². The van der Waals surface area contributed by atoms with Gasteiger partial charge in [0.15, 0.2) is 0 Å². The lowest BCUT2D eigenvalue weighted by Crippen LogP contribution is -2.55. The summed E-state index contributed by atoms with van der Waals surface area (Å²) in [6, 6.07) is 4.75. The fourth-order valence-electron chi connectivity index (χ4n) is 3.50. The van der Waals surface area contributed by atoms with Gasteiger partial charge >= 0.3 is 5.97 Å². The first-order chi connectivity index (χ1) is 15.9. The quantitative estimate of drug-likeness (QED) is 0.227. The average Bonchev–Trinajstić information content (AvgIpc) is 3.46. The van der Waals surface area contributed by atoms with Gasteiger partial charge in [-0.25, -0.2) is 9.78 Å². The molecule has 3 aromatic rings. The lowest BCUT2D eigenvalue weighted by atomic mass is 10.0. The zero-order valence-electron chi connectivity index (χ0n) is 18.2. The highest BCUT2D eigenvalue weighted by atomic mass is 32.2. The molecule has 0 unspecified atom stereocenters. The molecule has 0 aliphatic carbocycles. The number of thioether (sulfide) groups is 1. The van der Waals surface area contributed by atoms with Crippen LogP contribution in [0.4, 0.5) is 0 Å². The largest absolute Gasteiger partial charge is 0.480 e. The highest BCUT2D eigenvalue weighted by molar-refractivity contribution is 7.98. The van der Waals surface area contributed by atoms with Gasteiger partial charge in [0.1, 0.15) is 12.1 Å². The van der Waals surface area contributed by atoms with Crippen molar-refractivity contribution in [1.29, 1.82) is 0 Å². The van der Waals surface area contributed by atoms with E-state index in [1.165, 1.54) is 18.1 Å². The number of hydrogen-bond acceptors (Lipinski definition) is 6. The third-order valence-electron chi connectivity index (χ3n) is 5.29. The minimum absolute atomic E-state index is 0.117. The van der Waals surface area contributed by atoms with Crippen LogP contribution in [-0.2, 0) is 27.2 Å². The molecule has 2 aromatic heterocycles. The van der Waals surface area contributed by atoms with Gasteiger partial charge in [0.05, 0.1) is 12.4 Å². The Kier molecular flexibility index (Phi) is 8.50. The van der Waals surface area contributed by atoms with Crippen molar-refractivity contribution in [3.8, 4) is 0 Å². The normalized spacial score (nSPS) is 13.9. The maximum absolute atomic E-state index is 12.9. The predicted octanol–water partition coefficient (Wildman–Crippen LogP) is 0.811. The summed E-state index contributed by atoms with van der Waals surface area (Å²) in [6.07, 6.45) is 7.35. The van der Waals surface area contributed by atoms with E-state index in [1.54, 1.807) is 6.20 Å². The predicted molar refractivity (Wildman–Crippen MR) is 127 cm³/mol. The molecule has 0 fully saturated rings. The molecule has 11 heteroatoms. The number of carboxylic acids is 1. The van der Waals surface area contributed by atoms with Crippen molar-refractivity contribution in [3.05, 3.63) is 54.2 Å². The molecule has 0 saturated heterocycles. The standard InChI is InChI=1S/C22H28N6O4S/c1-33-7-6-18(22(31)32)27-21(30)19(9-14-11-24-12-26-14)28-20(29)16(23)8-13-10-25-17-5-3-2-4-15(13)17/h2-5,10-12,16,18-19,25H,6-9,23H2,1H3,(H,24,26)(H,27,30)(H,28,29)(H,31,32)/t16-,18-,19-/m0/s1. The number of rotatable bonds is 12. The van der Waals surface area contributed by atoms with Crippen molar-refractivity contribution in [3.63, 3.8) is 0 Å². The highest BCUT2D eigenvalue weighted by Crippen LogP contribution is 2.18. The number of carboxylic acid groups (broad SMARTS) is 1. The van der Waals surface area contributed by atoms with E-state index in [4.69, 9.17) is 5.73 Å². The third-order valence-corrected chi connectivity index (χ3v) is 5.93. The first kappa shape index (κ1) is 24.3. The van der Waals surface area contributed by atoms with Gasteiger partial charge in [0, 0.05) is 35.4 Å². The highest BCUT2D eigenvalue weighted by Gasteiger charge is 2.28. The minimum Gasteiger partial charge on any atom is -0.480 e. The number of benzene rings is 1. The number of nitrogens with one attached hydrogen (secondary N) is 4. The summed E-state index contributed by atoms with van der Waals surface area (Å²) < 4.78 is 0. The average molecular weight is 473 g/mol. The molecule has 2 amide bonds. The number of hydrogen-bond donors (Lipinski definition) is 6. The Morgan fingerprint density at radius 2 is 1.88 bits per heavy atom. The van der Waals surface area contributed by atoms with Crippen LogP contribution in [0.1, 0.15) is 17.7 Å². The van der Waals surface area contributed by atoms with E-state index in [-0.39, 0.29) is 19.3 Å². The number of nitrogens with two attached hydrogens (primary N) is 1. The van der Waals surface area contributed by atoms with Gasteiger partial charge in [-0.3, -0.25) is 9.59 Å². The van der Waals surface area contributed by atoms with E-state index in [2.05, 4.69) is 25.6 Å². The van der Waals surface area contributed by atoms with Crippen molar-refractivity contribution in [2.75, 3.05) is 12.0 Å². The molecule has 0 radical (unpaired) electrons. The van der Waals surface area contributed by atoms with Gasteiger partial charge in [-0.05, 0) is 36.5 Å². The lowest BCUT2D eigenvalue weighted by Gasteiger charge is -2.22. The maximum atomic E-state index is 12.9. The molecule has 176 valence electrons. The second-order valence-corrected chi connectivity index (χ2v) is 8.68. The summed E-state index contributed by atoms with van der Waals surface area (Å²) >= 11 is 1.49. The van der Waals surface area contributed by atoms with Crippen molar-refractivity contribution >= 4 is 40.4 Å². The van der Waals surface area contributed by atoms with E-state index >= 15 is 0 Å². The molecule has 7 N–H and O–H groups in total. The van der Waals surface area contributed by atoms with Crippen LogP contribution >= 0.6 is 11.8 Å². The van der Waals surface area contributed by atoms with E-state index in [9.17, 15) is 19.5 Å². The number of nitrogens with zero attached hydrogens (tertiary/aromatic N) is 1. The Morgan fingerprint density at radius 3 is 2.58 bits per heavy atom. The minimum atomic E-state index is -1.12. The van der Waals surface area contributed by atoms with Crippen molar-refractivity contribution < 1.29 is 19.5 Å². The monoisotopic (exact) mass is 472 g/mol. The van der Waals surface area contributed by atoms with Gasteiger partial charge in [-0.15, -0.1) is 0 Å². The van der Waals surface area contributed by atoms with Gasteiger partial charge in [0.2, 0.25) is 11.8 Å². The number of aromatic amines is 2. The number of para-hydroxylation sites is 1. The molecule has 0 aliphatic heterocycles. The Balaban J connectivity index is 1.69. The topological polar surface area (TPSA) is 166 Å². The second kappa shape index (κ2) is 11.5. The molecule has 0 saturated carbocycles. The summed E-state index contributed by atoms with van der Waals surface area (Å²) in [5.41, 5.74) is 8.62. The molecular formula is C22H28N6O4S. The molecule has 3 atom stereocenters. The number of carbonyl (C=O) groups is 3. The third kappa shape index (κ3) is 6.59. The zero-order chi connectivity index (χ0) is 23.8. The smallest absolute Gasteiger partial charge is 0.326 e. The first-order valence-corrected chi connectivity index (χ1v) is 11.9. The number of imidazole rings is 1. The Morgan fingerprint density at radius 1 is 1.12 bits per heavy atom. The van der Waals surface area contributed by atoms with Gasteiger partial charge in [-0.1, -0.05) is 18.2 Å². The van der Waals surface area contributed by atoms with E-state index in [0.717, 1.165) is 16.5 Å². The molecule has 0 aliphatic rings. The maximum Gasteiger partial charge on any atom is 0.326 e. The second-order valence-electron chi connectivity index (χ2n) is 7.69. The van der Waals surface area contributed by atoms with Crippen molar-refractivity contribution in [2.45, 2.75) is 37.4 Å². The molecule has 1 aromatic carbocycles. The molecule has 0 spiro atoms. The molecule has 33 heavy (non-hydrogen) atoms. The molecular weight excluding hydrogens is 444 g/mol. The summed E-state index contributed by atoms with van der Waals surface area (Å²) in [5, 5.41) is 15.6. The van der Waals surface area contributed by atoms with Crippen LogP contribution < -0.4 is 16.4 Å². The van der Waals surface area contributed by atoms with Crippen LogP contribution in [0.5, 0.6) is 0 Å². The number of aliphatic carboxylic acids is 1. The van der Waals surface area contributed by atoms with Crippen LogP contribution in [0.15, 0.2) is 43.0 Å². The van der Waals surface area contributed by atoms with Gasteiger partial charge in [0.25, 0.3) is 0 Å². The first-order valence-electron chi connectivity index (χ1n) is 10.5. The van der Waals surface area contributed by atoms with E-state index in [1.807, 2.05) is 36.7 Å². The number of amides is 2. The van der Waals surface area contributed by atoms with Crippen LogP contribution in [-0.4, -0.2) is 68.0 Å².